The second-order valence-corrected chi connectivity index (χ2v) is 7.30. The van der Waals surface area contributed by atoms with Crippen LogP contribution < -0.4 is 0 Å². The Kier molecular flexibility index (Phi) is 4.58. The highest BCUT2D eigenvalue weighted by Crippen LogP contribution is 2.46. The largest absolute Gasteiger partial charge is 0.381 e. The maximum absolute atomic E-state index is 6.40. The number of hydrogen-bond acceptors (Lipinski definition) is 2. The molecule has 1 aliphatic carbocycles. The predicted octanol–water partition coefficient (Wildman–Crippen LogP) is 4.43. The second kappa shape index (κ2) is 6.28. The number of ether oxygens (including phenoxy) is 1. The molecule has 2 fully saturated rings. The van der Waals surface area contributed by atoms with E-state index in [1.165, 1.54) is 49.8 Å². The van der Waals surface area contributed by atoms with Crippen LogP contribution in [0, 0.1) is 12.3 Å². The monoisotopic (exact) mass is 307 g/mol. The van der Waals surface area contributed by atoms with Gasteiger partial charge in [-0.05, 0) is 56.3 Å². The molecular weight excluding hydrogens is 282 g/mol. The average Bonchev–Trinajstić information content (AvgIpc) is 2.84. The van der Waals surface area contributed by atoms with Crippen LogP contribution in [0.3, 0.4) is 0 Å². The zero-order valence-corrected chi connectivity index (χ0v) is 14.0. The zero-order chi connectivity index (χ0) is 14.9. The first kappa shape index (κ1) is 15.3. The van der Waals surface area contributed by atoms with Crippen molar-refractivity contribution in [3.63, 3.8) is 0 Å². The molecule has 2 aliphatic rings. The molecule has 1 saturated heterocycles. The summed E-state index contributed by atoms with van der Waals surface area (Å²) < 4.78 is 5.79. The first-order valence-electron chi connectivity index (χ1n) is 8.13. The molecule has 1 spiro atoms. The number of likely N-dealkylation sites (tertiary alicyclic amines) is 1. The normalized spacial score (nSPS) is 30.1. The molecule has 1 aliphatic heterocycles. The molecule has 116 valence electrons. The number of benzene rings is 1. The summed E-state index contributed by atoms with van der Waals surface area (Å²) in [7, 11) is 1.88. The van der Waals surface area contributed by atoms with Crippen molar-refractivity contribution < 1.29 is 4.74 Å². The van der Waals surface area contributed by atoms with Gasteiger partial charge in [-0.2, -0.15) is 0 Å². The van der Waals surface area contributed by atoms with E-state index in [0.29, 0.717) is 11.5 Å². The van der Waals surface area contributed by atoms with Crippen molar-refractivity contribution in [2.75, 3.05) is 20.2 Å². The number of nitrogens with zero attached hydrogens (tertiary/aromatic N) is 1. The minimum Gasteiger partial charge on any atom is -0.381 e. The van der Waals surface area contributed by atoms with Crippen LogP contribution in [0.2, 0.25) is 5.02 Å². The molecular formula is C18H26ClNO. The average molecular weight is 308 g/mol. The van der Waals surface area contributed by atoms with Gasteiger partial charge in [0.2, 0.25) is 0 Å². The fourth-order valence-electron chi connectivity index (χ4n) is 4.36. The lowest BCUT2D eigenvalue weighted by atomic mass is 9.76. The lowest BCUT2D eigenvalue weighted by Gasteiger charge is -2.43. The third-order valence-electron chi connectivity index (χ3n) is 5.40. The smallest absolute Gasteiger partial charge is 0.0639 e. The summed E-state index contributed by atoms with van der Waals surface area (Å²) in [6.07, 6.45) is 6.93. The van der Waals surface area contributed by atoms with Gasteiger partial charge in [-0.15, -0.1) is 0 Å². The second-order valence-electron chi connectivity index (χ2n) is 6.89. The molecule has 0 unspecified atom stereocenters. The highest BCUT2D eigenvalue weighted by atomic mass is 35.5. The van der Waals surface area contributed by atoms with Crippen LogP contribution in [0.1, 0.15) is 43.2 Å². The Morgan fingerprint density at radius 3 is 2.90 bits per heavy atom. The topological polar surface area (TPSA) is 12.5 Å². The molecule has 21 heavy (non-hydrogen) atoms. The van der Waals surface area contributed by atoms with Gasteiger partial charge in [0.1, 0.15) is 0 Å². The summed E-state index contributed by atoms with van der Waals surface area (Å²) in [5.74, 6) is 0. The van der Waals surface area contributed by atoms with Crippen LogP contribution in [-0.2, 0) is 11.3 Å². The molecule has 0 radical (unpaired) electrons. The van der Waals surface area contributed by atoms with E-state index in [1.54, 1.807) is 0 Å². The number of rotatable bonds is 3. The summed E-state index contributed by atoms with van der Waals surface area (Å²) in [4.78, 5) is 2.58. The third kappa shape index (κ3) is 3.13. The van der Waals surface area contributed by atoms with E-state index in [4.69, 9.17) is 16.3 Å². The van der Waals surface area contributed by atoms with Crippen molar-refractivity contribution in [1.29, 1.82) is 0 Å². The Morgan fingerprint density at radius 1 is 1.33 bits per heavy atom. The number of hydrogen-bond donors (Lipinski definition) is 0. The lowest BCUT2D eigenvalue weighted by Crippen LogP contribution is -2.47. The molecule has 1 aromatic rings. The molecule has 3 heteroatoms. The van der Waals surface area contributed by atoms with E-state index < -0.39 is 0 Å². The van der Waals surface area contributed by atoms with Gasteiger partial charge in [-0.3, -0.25) is 4.90 Å². The molecule has 0 N–H and O–H groups in total. The summed E-state index contributed by atoms with van der Waals surface area (Å²) in [5.41, 5.74) is 2.88. The summed E-state index contributed by atoms with van der Waals surface area (Å²) in [6, 6.07) is 6.42. The van der Waals surface area contributed by atoms with Crippen LogP contribution in [0.5, 0.6) is 0 Å². The van der Waals surface area contributed by atoms with Crippen LogP contribution in [-0.4, -0.2) is 31.2 Å². The SMILES string of the molecule is CO[C@@H]1CCC[C@]12CCCN(Cc1ccc(C)cc1Cl)C2. The number of piperidine rings is 1. The van der Waals surface area contributed by atoms with Crippen molar-refractivity contribution in [1.82, 2.24) is 4.90 Å². The molecule has 2 nitrogen and oxygen atoms in total. The number of methoxy groups -OCH3 is 1. The predicted molar refractivity (Wildman–Crippen MR) is 87.8 cm³/mol. The third-order valence-corrected chi connectivity index (χ3v) is 5.75. The Labute approximate surface area is 133 Å². The van der Waals surface area contributed by atoms with Crippen molar-refractivity contribution in [2.24, 2.45) is 5.41 Å². The quantitative estimate of drug-likeness (QED) is 0.819. The molecule has 1 heterocycles. The summed E-state index contributed by atoms with van der Waals surface area (Å²) in [6.45, 7) is 5.41. The number of aryl methyl sites for hydroxylation is 1. The van der Waals surface area contributed by atoms with E-state index in [2.05, 4.69) is 30.0 Å². The van der Waals surface area contributed by atoms with E-state index in [-0.39, 0.29) is 0 Å². The van der Waals surface area contributed by atoms with Crippen LogP contribution in [0.4, 0.5) is 0 Å². The van der Waals surface area contributed by atoms with Crippen LogP contribution >= 0.6 is 11.6 Å². The summed E-state index contributed by atoms with van der Waals surface area (Å²) in [5, 5.41) is 0.907. The fourth-order valence-corrected chi connectivity index (χ4v) is 4.65. The highest BCUT2D eigenvalue weighted by molar-refractivity contribution is 6.31. The molecule has 1 saturated carbocycles. The standard InChI is InChI=1S/C18H26ClNO/c1-14-6-7-15(16(19)11-14)12-20-10-4-9-18(13-20)8-3-5-17(18)21-2/h6-7,11,17H,3-5,8-10,12-13H2,1-2H3/t17-,18-/m1/s1. The maximum Gasteiger partial charge on any atom is 0.0639 e. The van der Waals surface area contributed by atoms with Gasteiger partial charge in [0.05, 0.1) is 6.10 Å². The van der Waals surface area contributed by atoms with Gasteiger partial charge in [-0.25, -0.2) is 0 Å². The van der Waals surface area contributed by atoms with Gasteiger partial charge in [0.15, 0.2) is 0 Å². The Morgan fingerprint density at radius 2 is 2.14 bits per heavy atom. The van der Waals surface area contributed by atoms with E-state index >= 15 is 0 Å². The van der Waals surface area contributed by atoms with E-state index in [1.807, 2.05) is 7.11 Å². The minimum absolute atomic E-state index is 0.393. The fraction of sp³-hybridized carbons (Fsp3) is 0.667. The molecule has 0 bridgehead atoms. The van der Waals surface area contributed by atoms with Gasteiger partial charge >= 0.3 is 0 Å². The Balaban J connectivity index is 1.71. The minimum atomic E-state index is 0.393. The molecule has 0 amide bonds. The first-order valence-corrected chi connectivity index (χ1v) is 8.51. The van der Waals surface area contributed by atoms with Crippen molar-refractivity contribution in [3.8, 4) is 0 Å². The van der Waals surface area contributed by atoms with Crippen molar-refractivity contribution in [3.05, 3.63) is 34.3 Å². The summed E-state index contributed by atoms with van der Waals surface area (Å²) >= 11 is 6.40. The van der Waals surface area contributed by atoms with Gasteiger partial charge in [0.25, 0.3) is 0 Å². The number of halogens is 1. The van der Waals surface area contributed by atoms with Gasteiger partial charge in [-0.1, -0.05) is 30.2 Å². The molecule has 1 aromatic carbocycles. The van der Waals surface area contributed by atoms with Crippen LogP contribution in [0.15, 0.2) is 18.2 Å². The Bertz CT molecular complexity index is 504. The van der Waals surface area contributed by atoms with Crippen LogP contribution in [0.25, 0.3) is 0 Å². The molecule has 2 atom stereocenters. The molecule has 0 aromatic heterocycles. The first-order chi connectivity index (χ1) is 10.1. The van der Waals surface area contributed by atoms with Gasteiger partial charge in [0, 0.05) is 30.6 Å². The zero-order valence-electron chi connectivity index (χ0n) is 13.2. The van der Waals surface area contributed by atoms with E-state index in [9.17, 15) is 0 Å². The highest BCUT2D eigenvalue weighted by Gasteiger charge is 2.45. The maximum atomic E-state index is 6.40. The van der Waals surface area contributed by atoms with Crippen molar-refractivity contribution >= 4 is 11.6 Å². The van der Waals surface area contributed by atoms with Gasteiger partial charge < -0.3 is 4.74 Å². The van der Waals surface area contributed by atoms with E-state index in [0.717, 1.165) is 18.1 Å². The lowest BCUT2D eigenvalue weighted by molar-refractivity contribution is -0.0366. The Hall–Kier alpha value is -0.570. The molecule has 3 rings (SSSR count). The van der Waals surface area contributed by atoms with Crippen molar-refractivity contribution in [2.45, 2.75) is 51.7 Å².